The van der Waals surface area contributed by atoms with Crippen LogP contribution in [0.3, 0.4) is 0 Å². The molecule has 0 aliphatic heterocycles. The molecule has 0 saturated heterocycles. The minimum Gasteiger partial charge on any atom is -0.377 e. The molecule has 16 heavy (non-hydrogen) atoms. The summed E-state index contributed by atoms with van der Waals surface area (Å²) < 4.78 is 0. The van der Waals surface area contributed by atoms with Crippen molar-refractivity contribution in [1.29, 1.82) is 0 Å². The normalized spacial score (nSPS) is 11.2. The first-order chi connectivity index (χ1) is 7.74. The van der Waals surface area contributed by atoms with Gasteiger partial charge in [-0.2, -0.15) is 0 Å². The number of rotatable bonds is 2. The zero-order chi connectivity index (χ0) is 11.5. The van der Waals surface area contributed by atoms with E-state index in [-0.39, 0.29) is 0 Å². The molecule has 2 heteroatoms. The molecule has 2 aromatic rings. The molecule has 0 amide bonds. The van der Waals surface area contributed by atoms with E-state index in [1.54, 1.807) is 5.54 Å². The van der Waals surface area contributed by atoms with Crippen LogP contribution in [0.2, 0.25) is 0 Å². The molecule has 0 radical (unpaired) electrons. The smallest absolute Gasteiger partial charge is 0.0441 e. The van der Waals surface area contributed by atoms with Gasteiger partial charge >= 0.3 is 0 Å². The van der Waals surface area contributed by atoms with Gasteiger partial charge in [0, 0.05) is 30.7 Å². The van der Waals surface area contributed by atoms with E-state index in [9.17, 15) is 0 Å². The van der Waals surface area contributed by atoms with Crippen LogP contribution >= 0.6 is 11.6 Å². The van der Waals surface area contributed by atoms with Gasteiger partial charge in [-0.05, 0) is 23.1 Å². The number of hydrogen-bond acceptors (Lipinski definition) is 1. The SMILES string of the molecule is CN(C)c1ccc(/C=C\Cl)c2ccccc12. The highest BCUT2D eigenvalue weighted by Gasteiger charge is 2.04. The fourth-order valence-electron chi connectivity index (χ4n) is 1.91. The van der Waals surface area contributed by atoms with Crippen molar-refractivity contribution < 1.29 is 0 Å². The van der Waals surface area contributed by atoms with Crippen LogP contribution in [0.4, 0.5) is 5.69 Å². The lowest BCUT2D eigenvalue weighted by molar-refractivity contribution is 1.14. The molecule has 0 N–H and O–H groups in total. The lowest BCUT2D eigenvalue weighted by Crippen LogP contribution is -2.09. The van der Waals surface area contributed by atoms with Crippen molar-refractivity contribution in [2.75, 3.05) is 19.0 Å². The highest BCUT2D eigenvalue weighted by molar-refractivity contribution is 6.27. The molecule has 2 aromatic carbocycles. The molecule has 0 aliphatic carbocycles. The number of fused-ring (bicyclic) bond motifs is 1. The molecule has 0 heterocycles. The molecular weight excluding hydrogens is 218 g/mol. The van der Waals surface area contributed by atoms with Gasteiger partial charge < -0.3 is 4.90 Å². The minimum atomic E-state index is 1.15. The van der Waals surface area contributed by atoms with E-state index >= 15 is 0 Å². The Kier molecular flexibility index (Phi) is 3.16. The topological polar surface area (TPSA) is 3.24 Å². The predicted molar refractivity (Wildman–Crippen MR) is 73.2 cm³/mol. The maximum absolute atomic E-state index is 5.65. The zero-order valence-corrected chi connectivity index (χ0v) is 10.2. The van der Waals surface area contributed by atoms with Crippen LogP contribution in [-0.4, -0.2) is 14.1 Å². The molecule has 0 unspecified atom stereocenters. The average Bonchev–Trinajstić information content (AvgIpc) is 2.29. The third kappa shape index (κ3) is 1.91. The minimum absolute atomic E-state index is 1.15. The molecule has 0 fully saturated rings. The Morgan fingerprint density at radius 1 is 1.00 bits per heavy atom. The summed E-state index contributed by atoms with van der Waals surface area (Å²) in [5.41, 5.74) is 3.93. The summed E-state index contributed by atoms with van der Waals surface area (Å²) in [5, 5.41) is 2.48. The summed E-state index contributed by atoms with van der Waals surface area (Å²) >= 11 is 5.65. The van der Waals surface area contributed by atoms with Crippen molar-refractivity contribution in [3.8, 4) is 0 Å². The van der Waals surface area contributed by atoms with E-state index in [4.69, 9.17) is 11.6 Å². The van der Waals surface area contributed by atoms with Crippen LogP contribution in [0.15, 0.2) is 41.9 Å². The van der Waals surface area contributed by atoms with E-state index in [1.807, 2.05) is 12.1 Å². The lowest BCUT2D eigenvalue weighted by Gasteiger charge is -2.16. The summed E-state index contributed by atoms with van der Waals surface area (Å²) in [6.07, 6.45) is 1.92. The maximum Gasteiger partial charge on any atom is 0.0441 e. The summed E-state index contributed by atoms with van der Waals surface area (Å²) in [6, 6.07) is 12.6. The van der Waals surface area contributed by atoms with Crippen molar-refractivity contribution in [2.24, 2.45) is 0 Å². The van der Waals surface area contributed by atoms with Gasteiger partial charge in [-0.25, -0.2) is 0 Å². The number of hydrogen-bond donors (Lipinski definition) is 0. The first-order valence-corrected chi connectivity index (χ1v) is 5.63. The first kappa shape index (κ1) is 11.0. The Labute approximate surface area is 101 Å². The zero-order valence-electron chi connectivity index (χ0n) is 9.44. The van der Waals surface area contributed by atoms with Gasteiger partial charge in [0.05, 0.1) is 0 Å². The number of halogens is 1. The monoisotopic (exact) mass is 231 g/mol. The third-order valence-electron chi connectivity index (χ3n) is 2.66. The molecule has 0 aromatic heterocycles. The Balaban J connectivity index is 2.77. The van der Waals surface area contributed by atoms with Crippen LogP contribution in [0, 0.1) is 0 Å². The van der Waals surface area contributed by atoms with E-state index < -0.39 is 0 Å². The van der Waals surface area contributed by atoms with Gasteiger partial charge in [0.25, 0.3) is 0 Å². The Morgan fingerprint density at radius 3 is 2.31 bits per heavy atom. The van der Waals surface area contributed by atoms with Crippen molar-refractivity contribution in [3.05, 3.63) is 47.5 Å². The largest absolute Gasteiger partial charge is 0.377 e. The summed E-state index contributed by atoms with van der Waals surface area (Å²) in [6.45, 7) is 0. The second-order valence-electron chi connectivity index (χ2n) is 3.91. The lowest BCUT2D eigenvalue weighted by atomic mass is 10.0. The Hall–Kier alpha value is -1.47. The molecule has 1 nitrogen and oxygen atoms in total. The van der Waals surface area contributed by atoms with Crippen LogP contribution in [0.5, 0.6) is 0 Å². The van der Waals surface area contributed by atoms with E-state index in [2.05, 4.69) is 49.3 Å². The molecule has 0 spiro atoms. The number of benzene rings is 2. The van der Waals surface area contributed by atoms with Gasteiger partial charge in [-0.3, -0.25) is 0 Å². The van der Waals surface area contributed by atoms with Crippen molar-refractivity contribution >= 4 is 34.1 Å². The van der Waals surface area contributed by atoms with Crippen molar-refractivity contribution in [3.63, 3.8) is 0 Å². The molecule has 0 saturated carbocycles. The second kappa shape index (κ2) is 4.58. The van der Waals surface area contributed by atoms with Crippen LogP contribution in [0.25, 0.3) is 16.8 Å². The Bertz CT molecular complexity index is 529. The highest BCUT2D eigenvalue weighted by atomic mass is 35.5. The average molecular weight is 232 g/mol. The van der Waals surface area contributed by atoms with Crippen LogP contribution in [0.1, 0.15) is 5.56 Å². The van der Waals surface area contributed by atoms with Crippen LogP contribution < -0.4 is 4.90 Å². The van der Waals surface area contributed by atoms with Gasteiger partial charge in [0.15, 0.2) is 0 Å². The molecule has 0 atom stereocenters. The highest BCUT2D eigenvalue weighted by Crippen LogP contribution is 2.29. The van der Waals surface area contributed by atoms with Gasteiger partial charge in [-0.15, -0.1) is 0 Å². The van der Waals surface area contributed by atoms with E-state index in [1.165, 1.54) is 16.5 Å². The standard InChI is InChI=1S/C14H14ClN/c1-16(2)14-8-7-11(9-10-15)12-5-3-4-6-13(12)14/h3-10H,1-2H3/b10-9-. The molecule has 0 aliphatic rings. The second-order valence-corrected chi connectivity index (χ2v) is 4.16. The summed E-state index contributed by atoms with van der Waals surface area (Å²) in [5.74, 6) is 0. The van der Waals surface area contributed by atoms with Crippen molar-refractivity contribution in [1.82, 2.24) is 0 Å². The van der Waals surface area contributed by atoms with Gasteiger partial charge in [0.1, 0.15) is 0 Å². The molecule has 2 rings (SSSR count). The van der Waals surface area contributed by atoms with E-state index in [0.717, 1.165) is 5.56 Å². The predicted octanol–water partition coefficient (Wildman–Crippen LogP) is 4.12. The number of nitrogens with zero attached hydrogens (tertiary/aromatic N) is 1. The first-order valence-electron chi connectivity index (χ1n) is 5.20. The Morgan fingerprint density at radius 2 is 1.69 bits per heavy atom. The quantitative estimate of drug-likeness (QED) is 0.752. The fourth-order valence-corrected chi connectivity index (χ4v) is 2.05. The fraction of sp³-hybridized carbons (Fsp3) is 0.143. The molecule has 0 bridgehead atoms. The van der Waals surface area contributed by atoms with Crippen LogP contribution in [-0.2, 0) is 0 Å². The molecule has 82 valence electrons. The third-order valence-corrected chi connectivity index (χ3v) is 2.79. The molecular formula is C14H14ClN. The van der Waals surface area contributed by atoms with Gasteiger partial charge in [-0.1, -0.05) is 41.9 Å². The summed E-state index contributed by atoms with van der Waals surface area (Å²) in [7, 11) is 4.11. The van der Waals surface area contributed by atoms with E-state index in [0.29, 0.717) is 0 Å². The van der Waals surface area contributed by atoms with Crippen molar-refractivity contribution in [2.45, 2.75) is 0 Å². The maximum atomic E-state index is 5.65. The van der Waals surface area contributed by atoms with Gasteiger partial charge in [0.2, 0.25) is 0 Å². The number of anilines is 1. The summed E-state index contributed by atoms with van der Waals surface area (Å²) in [4.78, 5) is 2.12.